The number of carbonyl (C=O) groups excluding carboxylic acids is 14. The van der Waals surface area contributed by atoms with Crippen molar-refractivity contribution in [2.45, 2.75) is 214 Å². The van der Waals surface area contributed by atoms with Crippen molar-refractivity contribution in [3.05, 3.63) is 0 Å². The van der Waals surface area contributed by atoms with Gasteiger partial charge < -0.3 is 0 Å². The summed E-state index contributed by atoms with van der Waals surface area (Å²) < 4.78 is 0. The summed E-state index contributed by atoms with van der Waals surface area (Å²) in [5, 5.41) is 0. The zero-order valence-corrected chi connectivity index (χ0v) is 57.0. The normalized spacial score (nSPS) is 48.3. The van der Waals surface area contributed by atoms with Gasteiger partial charge in [-0.2, -0.15) is 0 Å². The summed E-state index contributed by atoms with van der Waals surface area (Å²) in [6, 6.07) is -8.56. The van der Waals surface area contributed by atoms with Crippen LogP contribution in [0, 0.1) is 0 Å². The van der Waals surface area contributed by atoms with Crippen molar-refractivity contribution < 1.29 is 67.1 Å². The van der Waals surface area contributed by atoms with Gasteiger partial charge in [0.1, 0.15) is 93.4 Å². The highest BCUT2D eigenvalue weighted by molar-refractivity contribution is 6.00. The predicted octanol–water partition coefficient (Wildman–Crippen LogP) is -0.138. The molecule has 0 aromatic rings. The number of rotatable bonds is 0. The molecule has 14 spiro atoms. The van der Waals surface area contributed by atoms with Gasteiger partial charge in [0, 0.05) is 0 Å². The second-order valence-electron chi connectivity index (χ2n) is 35.3. The van der Waals surface area contributed by atoms with Gasteiger partial charge in [0.25, 0.3) is 0 Å². The van der Waals surface area contributed by atoms with Gasteiger partial charge >= 0.3 is 84.4 Å². The summed E-state index contributed by atoms with van der Waals surface area (Å²) in [5.41, 5.74) is -23.4. The van der Waals surface area contributed by atoms with Crippen LogP contribution >= 0.6 is 0 Å². The van der Waals surface area contributed by atoms with E-state index in [2.05, 4.69) is 0 Å². The van der Waals surface area contributed by atoms with Crippen molar-refractivity contribution in [2.24, 2.45) is 0 Å². The van der Waals surface area contributed by atoms with Crippen LogP contribution in [0.3, 0.4) is 0 Å². The molecule has 0 unspecified atom stereocenters. The monoisotopic (exact) mass is 1440 g/mol. The van der Waals surface area contributed by atoms with Crippen LogP contribution in [0.4, 0.5) is 67.1 Å². The molecule has 7 aliphatic carbocycles. The molecule has 0 radical (unpaired) electrons. The quantitative estimate of drug-likeness (QED) is 0.305. The van der Waals surface area contributed by atoms with Gasteiger partial charge in [-0.3, -0.25) is 137 Å². The van der Waals surface area contributed by atoms with Gasteiger partial charge in [-0.15, -0.1) is 0 Å². The number of hydrogen-bond acceptors (Lipinski definition) is 14. The average Bonchev–Trinajstić information content (AvgIpc) is 1.45. The molecule has 28 aliphatic rings. The standard InChI is InChI=1S/C63H70N28O14/c92-36-64-22-68-38(94)72-26-76-42(98)80-30-84-46(102)88-34-90-48(104)86-32-82-44(100)78-28-74-40(96)70-24-66(36)51-9-1-8-50(51,64)65-23-69-39(95)73(54(72)12-2-10-52(54,68)69)27-77-43(99)81(58(80)16-4-14-56(58,76)77)31-85-47(103)89(62(88)20-6-18-60(62,84)85)35-91-49(105)87(61(86)19-7-21-63(61,90)91)33-83-45(101)79(57(78)15-5-17-59(57,82)83)29-75-41(97)71(25-67(51)37(65)93)53(70)11-3-13-55(53,74)75/h1-35H2. The lowest BCUT2D eigenvalue weighted by molar-refractivity contribution is -0.158. The van der Waals surface area contributed by atoms with Crippen LogP contribution in [-0.2, 0) is 0 Å². The van der Waals surface area contributed by atoms with Crippen molar-refractivity contribution in [1.29, 1.82) is 0 Å². The lowest BCUT2D eigenvalue weighted by atomic mass is 9.91. The van der Waals surface area contributed by atoms with Crippen LogP contribution in [0.2, 0.25) is 0 Å². The Morgan fingerprint density at radius 3 is 0.229 bits per heavy atom. The van der Waals surface area contributed by atoms with Crippen LogP contribution in [0.1, 0.15) is 135 Å². The highest BCUT2D eigenvalue weighted by atomic mass is 16.3. The average molecular weight is 1440 g/mol. The van der Waals surface area contributed by atoms with Gasteiger partial charge in [0.15, 0.2) is 79.3 Å². The first-order valence-electron chi connectivity index (χ1n) is 37.9. The van der Waals surface area contributed by atoms with Crippen molar-refractivity contribution in [2.75, 3.05) is 93.4 Å². The van der Waals surface area contributed by atoms with Crippen molar-refractivity contribution >= 4 is 84.4 Å². The third-order valence-electron chi connectivity index (χ3n) is 34.8. The van der Waals surface area contributed by atoms with Crippen LogP contribution in [-0.4, -0.2) is 394 Å². The molecule has 42 heteroatoms. The predicted molar refractivity (Wildman–Crippen MR) is 330 cm³/mol. The van der Waals surface area contributed by atoms with E-state index in [1.165, 1.54) is 0 Å². The summed E-state index contributed by atoms with van der Waals surface area (Å²) in [7, 11) is 0. The third kappa shape index (κ3) is 3.99. The molecule has 21 saturated heterocycles. The molecule has 42 nitrogen and oxygen atoms in total. The molecule has 105 heavy (non-hydrogen) atoms. The van der Waals surface area contributed by atoms with E-state index in [1.807, 2.05) is 0 Å². The van der Waals surface area contributed by atoms with Gasteiger partial charge in [0.2, 0.25) is 0 Å². The van der Waals surface area contributed by atoms with Crippen LogP contribution < -0.4 is 0 Å². The zero-order chi connectivity index (χ0) is 70.0. The third-order valence-corrected chi connectivity index (χ3v) is 34.8. The van der Waals surface area contributed by atoms with E-state index >= 15 is 67.1 Å². The van der Waals surface area contributed by atoms with Crippen molar-refractivity contribution in [3.63, 3.8) is 0 Å². The molecule has 7 saturated carbocycles. The first kappa shape index (κ1) is 55.3. The first-order chi connectivity index (χ1) is 50.6. The summed E-state index contributed by atoms with van der Waals surface area (Å²) in [6.07, 6.45) is 4.86. The van der Waals surface area contributed by atoms with Crippen LogP contribution in [0.15, 0.2) is 0 Å². The highest BCUT2D eigenvalue weighted by Gasteiger charge is 2.96. The Morgan fingerprint density at radius 2 is 0.171 bits per heavy atom. The molecule has 0 atom stereocenters. The van der Waals surface area contributed by atoms with E-state index in [1.54, 1.807) is 137 Å². The number of amides is 28. The minimum atomic E-state index is -1.67. The van der Waals surface area contributed by atoms with E-state index < -0.39 is 257 Å². The molecule has 0 N–H and O–H groups in total. The lowest BCUT2D eigenvalue weighted by Crippen LogP contribution is -2.75. The minimum Gasteiger partial charge on any atom is -0.279 e. The molecule has 28 fully saturated rings. The largest absolute Gasteiger partial charge is 0.326 e. The number of nitrogens with zero attached hydrogens (tertiary/aromatic N) is 28. The Morgan fingerprint density at radius 1 is 0.114 bits per heavy atom. The minimum absolute atomic E-state index is 0.148. The van der Waals surface area contributed by atoms with E-state index in [0.717, 1.165) is 0 Å². The fourth-order valence-electron chi connectivity index (χ4n) is 32.2. The molecule has 21 heterocycles. The van der Waals surface area contributed by atoms with Crippen LogP contribution in [0.25, 0.3) is 0 Å². The maximum atomic E-state index is 16.9. The maximum Gasteiger partial charge on any atom is 0.326 e. The zero-order valence-electron chi connectivity index (χ0n) is 57.0. The van der Waals surface area contributed by atoms with Gasteiger partial charge in [0.05, 0.1) is 0 Å². The Labute approximate surface area is 594 Å². The van der Waals surface area contributed by atoms with E-state index in [0.29, 0.717) is 44.9 Å². The SMILES string of the molecule is O=C1N2CN3C(=O)N4CN5C(=O)N6CN7C(=O)N8CN9C(=O)N%10CN%11C(=O)N%12CN%13C(=O)N%14CN1C1%15CCCC21N1CN2C(=O)N(CN%16C(=O)N(CN%17C(=O)N(CN%18C(=O)N(CN%19C(=O)N(CN%20C(=O)N(CN%15C1=O)C%141CCCC%13%201)C%121CCCC%11%191)C%101CCCC9%181)C81CCCC7%171)C61CCCC5%161)C41CCCC321. The molecule has 21 aliphatic heterocycles. The van der Waals surface area contributed by atoms with E-state index in [-0.39, 0.29) is 89.9 Å². The first-order valence-corrected chi connectivity index (χ1v) is 37.9. The Balaban J connectivity index is 0.693. The summed E-state index contributed by atoms with van der Waals surface area (Å²) in [4.78, 5) is 281. The van der Waals surface area contributed by atoms with Crippen LogP contribution in [0.5, 0.6) is 0 Å². The molecule has 0 aromatic heterocycles. The van der Waals surface area contributed by atoms with Gasteiger partial charge in [-0.05, 0) is 135 Å². The topological polar surface area (TPSA) is 330 Å². The van der Waals surface area contributed by atoms with Crippen molar-refractivity contribution in [1.82, 2.24) is 137 Å². The Hall–Kier alpha value is -10.2. The number of hydrogen-bond donors (Lipinski definition) is 0. The molecule has 0 aromatic carbocycles. The van der Waals surface area contributed by atoms with Gasteiger partial charge in [-0.25, -0.2) is 67.1 Å². The van der Waals surface area contributed by atoms with Gasteiger partial charge in [-0.1, -0.05) is 0 Å². The van der Waals surface area contributed by atoms with E-state index in [9.17, 15) is 0 Å². The van der Waals surface area contributed by atoms with Crippen molar-refractivity contribution in [3.8, 4) is 0 Å². The second kappa shape index (κ2) is 14.6. The second-order valence-corrected chi connectivity index (χ2v) is 35.3. The fraction of sp³-hybridized carbons (Fsp3) is 0.778. The Bertz CT molecular complexity index is 3490. The lowest BCUT2D eigenvalue weighted by Gasteiger charge is -2.54. The summed E-state index contributed by atoms with van der Waals surface area (Å²) in [5.74, 6) is 0. The van der Waals surface area contributed by atoms with E-state index in [4.69, 9.17) is 0 Å². The molecule has 28 amide bonds. The molecule has 0 bridgehead atoms. The Kier molecular flexibility index (Phi) is 7.71. The molecular weight excluding hydrogens is 1370 g/mol. The molecule has 546 valence electrons. The summed E-state index contributed by atoms with van der Waals surface area (Å²) >= 11 is 0. The molecule has 28 rings (SSSR count). The fourth-order valence-corrected chi connectivity index (χ4v) is 32.2. The molecular formula is C63H70N28O14. The number of urea groups is 14. The highest BCUT2D eigenvalue weighted by Crippen LogP contribution is 2.75. The smallest absolute Gasteiger partial charge is 0.279 e. The number of carbonyl (C=O) groups is 14. The summed E-state index contributed by atoms with van der Waals surface area (Å²) in [6.45, 7) is -6.56. The maximum absolute atomic E-state index is 16.9.